The SMILES string of the molecule is Cc1noc(-c2cccnc2NCc2ccnc(OCC3CC3)c2)n1. The Kier molecular flexibility index (Phi) is 4.28. The second-order valence-corrected chi connectivity index (χ2v) is 6.16. The molecule has 3 aromatic heterocycles. The van der Waals surface area contributed by atoms with Gasteiger partial charge < -0.3 is 14.6 Å². The van der Waals surface area contributed by atoms with Gasteiger partial charge in [-0.05, 0) is 49.4 Å². The summed E-state index contributed by atoms with van der Waals surface area (Å²) in [5.41, 5.74) is 1.85. The number of aryl methyl sites for hydroxylation is 1. The topological polar surface area (TPSA) is 86.0 Å². The van der Waals surface area contributed by atoms with E-state index in [0.717, 1.165) is 17.7 Å². The van der Waals surface area contributed by atoms with Crippen molar-refractivity contribution in [3.05, 3.63) is 48.0 Å². The van der Waals surface area contributed by atoms with E-state index in [0.29, 0.717) is 35.9 Å². The minimum absolute atomic E-state index is 0.455. The maximum atomic E-state index is 5.73. The third-order valence-electron chi connectivity index (χ3n) is 3.99. The van der Waals surface area contributed by atoms with Crippen molar-refractivity contribution in [3.63, 3.8) is 0 Å². The molecule has 0 spiro atoms. The van der Waals surface area contributed by atoms with Gasteiger partial charge in [0.15, 0.2) is 5.82 Å². The summed E-state index contributed by atoms with van der Waals surface area (Å²) in [6.07, 6.45) is 6.02. The molecule has 0 aromatic carbocycles. The normalized spacial score (nSPS) is 13.6. The molecule has 7 heteroatoms. The summed E-state index contributed by atoms with van der Waals surface area (Å²) in [6.45, 7) is 3.14. The lowest BCUT2D eigenvalue weighted by molar-refractivity contribution is 0.288. The van der Waals surface area contributed by atoms with Gasteiger partial charge in [-0.1, -0.05) is 5.16 Å². The van der Waals surface area contributed by atoms with Gasteiger partial charge in [0.05, 0.1) is 12.2 Å². The van der Waals surface area contributed by atoms with Crippen LogP contribution in [0.25, 0.3) is 11.5 Å². The fourth-order valence-corrected chi connectivity index (χ4v) is 2.44. The van der Waals surface area contributed by atoms with Gasteiger partial charge in [-0.15, -0.1) is 0 Å². The molecule has 25 heavy (non-hydrogen) atoms. The fourth-order valence-electron chi connectivity index (χ4n) is 2.44. The number of hydrogen-bond acceptors (Lipinski definition) is 7. The molecule has 0 bridgehead atoms. The van der Waals surface area contributed by atoms with Gasteiger partial charge in [-0.25, -0.2) is 9.97 Å². The Balaban J connectivity index is 1.45. The highest BCUT2D eigenvalue weighted by atomic mass is 16.5. The molecule has 0 amide bonds. The quantitative estimate of drug-likeness (QED) is 0.708. The molecule has 128 valence electrons. The first-order valence-corrected chi connectivity index (χ1v) is 8.35. The first kappa shape index (κ1) is 15.6. The molecule has 1 N–H and O–H groups in total. The number of pyridine rings is 2. The molecule has 0 unspecified atom stereocenters. The van der Waals surface area contributed by atoms with Crippen LogP contribution in [0.2, 0.25) is 0 Å². The molecular formula is C18H19N5O2. The van der Waals surface area contributed by atoms with Crippen LogP contribution in [-0.4, -0.2) is 26.7 Å². The lowest BCUT2D eigenvalue weighted by Crippen LogP contribution is -2.05. The molecule has 3 aromatic rings. The Morgan fingerprint density at radius 2 is 2.16 bits per heavy atom. The number of ether oxygens (including phenoxy) is 1. The molecule has 1 fully saturated rings. The van der Waals surface area contributed by atoms with Gasteiger partial charge in [0.25, 0.3) is 5.89 Å². The van der Waals surface area contributed by atoms with Crippen LogP contribution in [0, 0.1) is 12.8 Å². The average molecular weight is 337 g/mol. The molecule has 0 saturated heterocycles. The summed E-state index contributed by atoms with van der Waals surface area (Å²) in [6, 6.07) is 7.65. The highest BCUT2D eigenvalue weighted by molar-refractivity contribution is 5.68. The van der Waals surface area contributed by atoms with Gasteiger partial charge in [0.1, 0.15) is 5.82 Å². The zero-order valence-corrected chi connectivity index (χ0v) is 14.0. The van der Waals surface area contributed by atoms with Gasteiger partial charge in [-0.2, -0.15) is 4.98 Å². The number of hydrogen-bond donors (Lipinski definition) is 1. The number of aromatic nitrogens is 4. The molecule has 1 aliphatic carbocycles. The standard InChI is InChI=1S/C18H19N5O2/c1-12-22-18(25-23-12)15-3-2-7-20-17(15)21-10-14-6-8-19-16(9-14)24-11-13-4-5-13/h2-3,6-9,13H,4-5,10-11H2,1H3,(H,20,21). The molecule has 4 rings (SSSR count). The van der Waals surface area contributed by atoms with Gasteiger partial charge in [0.2, 0.25) is 5.88 Å². The Morgan fingerprint density at radius 1 is 1.24 bits per heavy atom. The van der Waals surface area contributed by atoms with Crippen molar-refractivity contribution in [1.29, 1.82) is 0 Å². The second-order valence-electron chi connectivity index (χ2n) is 6.16. The summed E-state index contributed by atoms with van der Waals surface area (Å²) in [5.74, 6) is 3.12. The monoisotopic (exact) mass is 337 g/mol. The largest absolute Gasteiger partial charge is 0.477 e. The number of nitrogens with one attached hydrogen (secondary N) is 1. The zero-order chi connectivity index (χ0) is 17.1. The predicted octanol–water partition coefficient (Wildman–Crippen LogP) is 3.24. The molecule has 0 aliphatic heterocycles. The van der Waals surface area contributed by atoms with Gasteiger partial charge in [0, 0.05) is 25.0 Å². The van der Waals surface area contributed by atoms with Gasteiger partial charge >= 0.3 is 0 Å². The highest BCUT2D eigenvalue weighted by Gasteiger charge is 2.22. The van der Waals surface area contributed by atoms with Crippen LogP contribution in [-0.2, 0) is 6.54 Å². The van der Waals surface area contributed by atoms with Crippen LogP contribution in [0.5, 0.6) is 5.88 Å². The van der Waals surface area contributed by atoms with Crippen LogP contribution in [0.4, 0.5) is 5.82 Å². The molecule has 0 atom stereocenters. The van der Waals surface area contributed by atoms with Crippen molar-refractivity contribution in [3.8, 4) is 17.3 Å². The number of rotatable bonds is 7. The first-order chi connectivity index (χ1) is 12.3. The Hall–Kier alpha value is -2.96. The summed E-state index contributed by atoms with van der Waals surface area (Å²) >= 11 is 0. The summed E-state index contributed by atoms with van der Waals surface area (Å²) in [4.78, 5) is 12.9. The smallest absolute Gasteiger partial charge is 0.261 e. The summed E-state index contributed by atoms with van der Waals surface area (Å²) in [7, 11) is 0. The molecule has 7 nitrogen and oxygen atoms in total. The predicted molar refractivity (Wildman–Crippen MR) is 92.0 cm³/mol. The average Bonchev–Trinajstić information content (AvgIpc) is 3.38. The van der Waals surface area contributed by atoms with E-state index < -0.39 is 0 Å². The maximum Gasteiger partial charge on any atom is 0.261 e. The zero-order valence-electron chi connectivity index (χ0n) is 14.0. The van der Waals surface area contributed by atoms with Crippen LogP contribution in [0.3, 0.4) is 0 Å². The molecular weight excluding hydrogens is 318 g/mol. The third-order valence-corrected chi connectivity index (χ3v) is 3.99. The number of nitrogens with zero attached hydrogens (tertiary/aromatic N) is 4. The van der Waals surface area contributed by atoms with E-state index in [2.05, 4.69) is 25.4 Å². The fraction of sp³-hybridized carbons (Fsp3) is 0.333. The first-order valence-electron chi connectivity index (χ1n) is 8.35. The molecule has 3 heterocycles. The number of anilines is 1. The van der Waals surface area contributed by atoms with E-state index in [1.807, 2.05) is 24.3 Å². The summed E-state index contributed by atoms with van der Waals surface area (Å²) in [5, 5.41) is 7.16. The van der Waals surface area contributed by atoms with E-state index in [-0.39, 0.29) is 0 Å². The van der Waals surface area contributed by atoms with E-state index in [9.17, 15) is 0 Å². The Labute approximate surface area is 145 Å². The van der Waals surface area contributed by atoms with Crippen LogP contribution in [0.1, 0.15) is 24.2 Å². The van der Waals surface area contributed by atoms with Crippen molar-refractivity contribution >= 4 is 5.82 Å². The third kappa shape index (κ3) is 3.93. The minimum atomic E-state index is 0.455. The van der Waals surface area contributed by atoms with Gasteiger partial charge in [-0.3, -0.25) is 0 Å². The molecule has 1 saturated carbocycles. The van der Waals surface area contributed by atoms with Crippen molar-refractivity contribution in [2.45, 2.75) is 26.3 Å². The van der Waals surface area contributed by atoms with Crippen molar-refractivity contribution < 1.29 is 9.26 Å². The Morgan fingerprint density at radius 3 is 2.96 bits per heavy atom. The van der Waals surface area contributed by atoms with E-state index in [1.165, 1.54) is 12.8 Å². The van der Waals surface area contributed by atoms with Crippen LogP contribution in [0.15, 0.2) is 41.2 Å². The van der Waals surface area contributed by atoms with E-state index >= 15 is 0 Å². The van der Waals surface area contributed by atoms with Crippen molar-refractivity contribution in [1.82, 2.24) is 20.1 Å². The van der Waals surface area contributed by atoms with Crippen LogP contribution < -0.4 is 10.1 Å². The Bertz CT molecular complexity index is 860. The molecule has 1 aliphatic rings. The van der Waals surface area contributed by atoms with E-state index in [1.54, 1.807) is 19.3 Å². The highest BCUT2D eigenvalue weighted by Crippen LogP contribution is 2.29. The van der Waals surface area contributed by atoms with Crippen LogP contribution >= 0.6 is 0 Å². The molecule has 0 radical (unpaired) electrons. The second kappa shape index (κ2) is 6.88. The van der Waals surface area contributed by atoms with Crippen molar-refractivity contribution in [2.75, 3.05) is 11.9 Å². The van der Waals surface area contributed by atoms with Crippen molar-refractivity contribution in [2.24, 2.45) is 5.92 Å². The van der Waals surface area contributed by atoms with E-state index in [4.69, 9.17) is 9.26 Å². The minimum Gasteiger partial charge on any atom is -0.477 e. The summed E-state index contributed by atoms with van der Waals surface area (Å²) < 4.78 is 11.0. The lowest BCUT2D eigenvalue weighted by Gasteiger charge is -2.10. The maximum absolute atomic E-state index is 5.73. The lowest BCUT2D eigenvalue weighted by atomic mass is 10.2.